The van der Waals surface area contributed by atoms with Gasteiger partial charge in [-0.1, -0.05) is 6.08 Å². The van der Waals surface area contributed by atoms with Gasteiger partial charge in [-0.2, -0.15) is 0 Å². The summed E-state index contributed by atoms with van der Waals surface area (Å²) < 4.78 is 0. The predicted octanol–water partition coefficient (Wildman–Crippen LogP) is 3.14. The number of amidine groups is 1. The summed E-state index contributed by atoms with van der Waals surface area (Å²) in [5.41, 5.74) is 2.29. The van der Waals surface area contributed by atoms with E-state index in [2.05, 4.69) is 65.6 Å². The maximum Gasteiger partial charge on any atom is 0.101 e. The van der Waals surface area contributed by atoms with Crippen molar-refractivity contribution in [2.24, 2.45) is 10.9 Å². The number of likely N-dealkylation sites (N-methyl/N-ethyl adjacent to an activating group) is 1. The lowest BCUT2D eigenvalue weighted by Gasteiger charge is -2.34. The van der Waals surface area contributed by atoms with Crippen LogP contribution >= 0.6 is 11.3 Å². The monoisotopic (exact) mass is 373 g/mol. The van der Waals surface area contributed by atoms with Crippen LogP contribution in [0.1, 0.15) is 18.2 Å². The number of nitrogens with zero attached hydrogens (tertiary/aromatic N) is 3. The number of allylic oxidation sites excluding steroid dienone is 2. The van der Waals surface area contributed by atoms with Gasteiger partial charge in [-0.05, 0) is 58.5 Å². The van der Waals surface area contributed by atoms with Crippen LogP contribution in [0.5, 0.6) is 0 Å². The molecule has 1 aromatic rings. The highest BCUT2D eigenvalue weighted by Gasteiger charge is 2.19. The van der Waals surface area contributed by atoms with E-state index in [-0.39, 0.29) is 0 Å². The fraction of sp³-hybridized carbons (Fsp3) is 0.550. The molecule has 2 N–H and O–H groups in total. The average Bonchev–Trinajstić information content (AvgIpc) is 3.03. The van der Waals surface area contributed by atoms with E-state index in [0.717, 1.165) is 56.4 Å². The molecule has 1 unspecified atom stereocenters. The zero-order valence-corrected chi connectivity index (χ0v) is 17.2. The van der Waals surface area contributed by atoms with Crippen molar-refractivity contribution in [2.75, 3.05) is 52.1 Å². The smallest absolute Gasteiger partial charge is 0.101 e. The molecule has 1 aliphatic heterocycles. The highest BCUT2D eigenvalue weighted by molar-refractivity contribution is 7.16. The first-order chi connectivity index (χ1) is 12.5. The van der Waals surface area contributed by atoms with Gasteiger partial charge in [0.1, 0.15) is 5.84 Å². The molecule has 2 aliphatic rings. The van der Waals surface area contributed by atoms with Crippen LogP contribution in [0.2, 0.25) is 0 Å². The zero-order chi connectivity index (χ0) is 18.5. The predicted molar refractivity (Wildman–Crippen MR) is 113 cm³/mol. The Hall–Kier alpha value is -1.63. The van der Waals surface area contributed by atoms with E-state index in [4.69, 9.17) is 4.99 Å². The van der Waals surface area contributed by atoms with Crippen molar-refractivity contribution in [1.29, 1.82) is 0 Å². The maximum atomic E-state index is 5.07. The van der Waals surface area contributed by atoms with Crippen LogP contribution in [-0.2, 0) is 0 Å². The number of piperazine rings is 1. The van der Waals surface area contributed by atoms with E-state index in [1.54, 1.807) is 11.3 Å². The summed E-state index contributed by atoms with van der Waals surface area (Å²) >= 11 is 1.79. The zero-order valence-electron chi connectivity index (χ0n) is 16.4. The van der Waals surface area contributed by atoms with Crippen LogP contribution in [-0.4, -0.2) is 62.5 Å². The molecule has 5 nitrogen and oxygen atoms in total. The highest BCUT2D eigenvalue weighted by Crippen LogP contribution is 2.29. The fourth-order valence-electron chi connectivity index (χ4n) is 3.41. The number of hydrogen-bond acceptors (Lipinski definition) is 5. The molecule has 1 aliphatic carbocycles. The lowest BCUT2D eigenvalue weighted by atomic mass is 9.96. The van der Waals surface area contributed by atoms with Crippen LogP contribution in [0.3, 0.4) is 0 Å². The molecule has 0 aromatic carbocycles. The minimum atomic E-state index is 0.495. The average molecular weight is 374 g/mol. The Balaban J connectivity index is 1.80. The second-order valence-electron chi connectivity index (χ2n) is 7.23. The molecule has 1 aromatic heterocycles. The molecule has 1 saturated heterocycles. The Labute approximate surface area is 161 Å². The number of anilines is 1. The summed E-state index contributed by atoms with van der Waals surface area (Å²) in [6.07, 6.45) is 5.47. The second-order valence-corrected chi connectivity index (χ2v) is 8.51. The summed E-state index contributed by atoms with van der Waals surface area (Å²) in [5, 5.41) is 8.06. The van der Waals surface area contributed by atoms with E-state index < -0.39 is 0 Å². The van der Waals surface area contributed by atoms with Crippen LogP contribution in [0.15, 0.2) is 40.7 Å². The minimum Gasteiger partial charge on any atom is -0.358 e. The standard InChI is InChI=1S/C20H31N5S/c1-15-5-8-20(26-15)23-18-7-6-17(14-21-3)13-19(18)22-16(2)25-11-9-24(4)10-12-25/h5-8,17,21,23H,9-14H2,1-4H3/b22-16+. The van der Waals surface area contributed by atoms with Crippen molar-refractivity contribution in [1.82, 2.24) is 15.1 Å². The molecule has 0 amide bonds. The van der Waals surface area contributed by atoms with E-state index in [0.29, 0.717) is 5.92 Å². The highest BCUT2D eigenvalue weighted by atomic mass is 32.1. The topological polar surface area (TPSA) is 42.9 Å². The third kappa shape index (κ3) is 4.96. The number of aliphatic imine (C=N–C) groups is 1. The van der Waals surface area contributed by atoms with E-state index in [1.807, 2.05) is 7.05 Å². The Bertz CT molecular complexity index is 695. The maximum absolute atomic E-state index is 5.07. The SMILES string of the molecule is CNCC1C=CC(Nc2ccc(C)s2)=C(/N=C(\C)N2CCN(C)CC2)C1. The van der Waals surface area contributed by atoms with Crippen LogP contribution < -0.4 is 10.6 Å². The number of hydrogen-bond donors (Lipinski definition) is 2. The Kier molecular flexibility index (Phi) is 6.51. The van der Waals surface area contributed by atoms with Crippen LogP contribution in [0.25, 0.3) is 0 Å². The quantitative estimate of drug-likeness (QED) is 0.615. The molecule has 3 rings (SSSR count). The number of thiophene rings is 1. The molecule has 0 radical (unpaired) electrons. The van der Waals surface area contributed by atoms with E-state index in [9.17, 15) is 0 Å². The van der Waals surface area contributed by atoms with Crippen molar-refractivity contribution >= 4 is 22.2 Å². The summed E-state index contributed by atoms with van der Waals surface area (Å²) in [4.78, 5) is 11.2. The Morgan fingerprint density at radius 3 is 2.69 bits per heavy atom. The number of aryl methyl sites for hydroxylation is 1. The van der Waals surface area contributed by atoms with Gasteiger partial charge in [-0.15, -0.1) is 11.3 Å². The largest absolute Gasteiger partial charge is 0.358 e. The summed E-state index contributed by atoms with van der Waals surface area (Å²) in [6.45, 7) is 9.59. The third-order valence-corrected chi connectivity index (χ3v) is 5.94. The fourth-order valence-corrected chi connectivity index (χ4v) is 4.19. The van der Waals surface area contributed by atoms with Gasteiger partial charge in [0.2, 0.25) is 0 Å². The minimum absolute atomic E-state index is 0.495. The van der Waals surface area contributed by atoms with Gasteiger partial charge in [0.15, 0.2) is 0 Å². The Morgan fingerprint density at radius 1 is 1.27 bits per heavy atom. The lowest BCUT2D eigenvalue weighted by Crippen LogP contribution is -2.46. The van der Waals surface area contributed by atoms with Gasteiger partial charge < -0.3 is 20.4 Å². The van der Waals surface area contributed by atoms with Crippen molar-refractivity contribution < 1.29 is 0 Å². The second kappa shape index (κ2) is 8.84. The first kappa shape index (κ1) is 19.1. The normalized spacial score (nSPS) is 22.2. The summed E-state index contributed by atoms with van der Waals surface area (Å²) in [7, 11) is 4.20. The van der Waals surface area contributed by atoms with E-state index >= 15 is 0 Å². The van der Waals surface area contributed by atoms with Gasteiger partial charge in [0.05, 0.1) is 16.4 Å². The van der Waals surface area contributed by atoms with Gasteiger partial charge >= 0.3 is 0 Å². The molecule has 6 heteroatoms. The van der Waals surface area contributed by atoms with Gasteiger partial charge in [0.25, 0.3) is 0 Å². The molecule has 26 heavy (non-hydrogen) atoms. The molecule has 1 atom stereocenters. The van der Waals surface area contributed by atoms with Gasteiger partial charge in [-0.25, -0.2) is 4.99 Å². The molecular formula is C20H31N5S. The molecule has 0 bridgehead atoms. The van der Waals surface area contributed by atoms with E-state index in [1.165, 1.54) is 9.88 Å². The first-order valence-corrected chi connectivity index (χ1v) is 10.2. The van der Waals surface area contributed by atoms with Gasteiger partial charge in [0, 0.05) is 37.6 Å². The number of rotatable bonds is 5. The van der Waals surface area contributed by atoms with Crippen molar-refractivity contribution in [3.8, 4) is 0 Å². The molecular weight excluding hydrogens is 342 g/mol. The molecule has 1 fully saturated rings. The molecule has 142 valence electrons. The van der Waals surface area contributed by atoms with Crippen LogP contribution in [0, 0.1) is 12.8 Å². The van der Waals surface area contributed by atoms with Crippen LogP contribution in [0.4, 0.5) is 5.00 Å². The Morgan fingerprint density at radius 2 is 2.04 bits per heavy atom. The summed E-state index contributed by atoms with van der Waals surface area (Å²) in [6, 6.07) is 4.30. The first-order valence-electron chi connectivity index (χ1n) is 9.43. The lowest BCUT2D eigenvalue weighted by molar-refractivity contribution is 0.214. The number of nitrogens with one attached hydrogen (secondary N) is 2. The molecule has 2 heterocycles. The van der Waals surface area contributed by atoms with Gasteiger partial charge in [-0.3, -0.25) is 0 Å². The van der Waals surface area contributed by atoms with Crippen molar-refractivity contribution in [2.45, 2.75) is 20.3 Å². The van der Waals surface area contributed by atoms with Crippen molar-refractivity contribution in [3.63, 3.8) is 0 Å². The summed E-state index contributed by atoms with van der Waals surface area (Å²) in [5.74, 6) is 1.63. The molecule has 0 spiro atoms. The molecule has 0 saturated carbocycles. The van der Waals surface area contributed by atoms with Crippen molar-refractivity contribution in [3.05, 3.63) is 40.6 Å². The third-order valence-electron chi connectivity index (χ3n) is 5.02.